The summed E-state index contributed by atoms with van der Waals surface area (Å²) in [6, 6.07) is -0.314. The number of rotatable bonds is 3. The molecule has 128 valence electrons. The predicted molar refractivity (Wildman–Crippen MR) is 84.4 cm³/mol. The third kappa shape index (κ3) is 4.54. The van der Waals surface area contributed by atoms with Crippen molar-refractivity contribution in [2.45, 2.75) is 45.8 Å². The molecule has 0 aliphatic carbocycles. The molecule has 1 aliphatic heterocycles. The summed E-state index contributed by atoms with van der Waals surface area (Å²) < 4.78 is 12.5. The first-order valence-electron chi connectivity index (χ1n) is 7.78. The van der Waals surface area contributed by atoms with Crippen LogP contribution in [0.2, 0.25) is 0 Å². The Labute approximate surface area is 136 Å². The Kier molecular flexibility index (Phi) is 5.09. The van der Waals surface area contributed by atoms with Crippen LogP contribution in [0.3, 0.4) is 0 Å². The van der Waals surface area contributed by atoms with Crippen molar-refractivity contribution in [2.24, 2.45) is 7.05 Å². The molecule has 23 heavy (non-hydrogen) atoms. The Morgan fingerprint density at radius 2 is 2.13 bits per heavy atom. The maximum Gasteiger partial charge on any atom is 0.410 e. The minimum atomic E-state index is -0.566. The van der Waals surface area contributed by atoms with Crippen molar-refractivity contribution in [3.8, 4) is 0 Å². The third-order valence-corrected chi connectivity index (χ3v) is 3.59. The average molecular weight is 323 g/mol. The first-order valence-corrected chi connectivity index (χ1v) is 7.78. The van der Waals surface area contributed by atoms with Crippen LogP contribution in [-0.2, 0) is 16.5 Å². The summed E-state index contributed by atoms with van der Waals surface area (Å²) in [5.74, 6) is -0.0420. The van der Waals surface area contributed by atoms with E-state index in [9.17, 15) is 9.59 Å². The van der Waals surface area contributed by atoms with Gasteiger partial charge in [-0.2, -0.15) is 5.10 Å². The van der Waals surface area contributed by atoms with Crippen LogP contribution in [0.5, 0.6) is 0 Å². The Morgan fingerprint density at radius 1 is 1.43 bits per heavy atom. The minimum absolute atomic E-state index is 0.0420. The topological polar surface area (TPSA) is 73.7 Å². The second-order valence-corrected chi connectivity index (χ2v) is 6.83. The normalized spacial score (nSPS) is 18.8. The fourth-order valence-electron chi connectivity index (χ4n) is 2.58. The minimum Gasteiger partial charge on any atom is -0.444 e. The zero-order chi connectivity index (χ0) is 17.2. The highest BCUT2D eigenvalue weighted by Gasteiger charge is 2.33. The molecule has 7 nitrogen and oxygen atoms in total. The van der Waals surface area contributed by atoms with Crippen molar-refractivity contribution in [3.63, 3.8) is 0 Å². The number of amides is 1. The van der Waals surface area contributed by atoms with Gasteiger partial charge >= 0.3 is 6.09 Å². The maximum absolute atomic E-state index is 12.5. The van der Waals surface area contributed by atoms with Crippen molar-refractivity contribution in [3.05, 3.63) is 17.5 Å². The van der Waals surface area contributed by atoms with Crippen LogP contribution in [0.15, 0.2) is 6.20 Å². The summed E-state index contributed by atoms with van der Waals surface area (Å²) in [5.41, 5.74) is 0.712. The maximum atomic E-state index is 12.5. The van der Waals surface area contributed by atoms with Crippen LogP contribution in [0.1, 0.15) is 43.2 Å². The Balaban J connectivity index is 2.08. The molecule has 1 unspecified atom stereocenters. The van der Waals surface area contributed by atoms with Gasteiger partial charge in [0.25, 0.3) is 0 Å². The van der Waals surface area contributed by atoms with Gasteiger partial charge in [-0.05, 0) is 27.7 Å². The second-order valence-electron chi connectivity index (χ2n) is 6.83. The van der Waals surface area contributed by atoms with Gasteiger partial charge in [-0.3, -0.25) is 9.48 Å². The second kappa shape index (κ2) is 6.70. The quantitative estimate of drug-likeness (QED) is 0.795. The van der Waals surface area contributed by atoms with E-state index in [-0.39, 0.29) is 18.2 Å². The van der Waals surface area contributed by atoms with Crippen molar-refractivity contribution in [2.75, 3.05) is 19.8 Å². The van der Waals surface area contributed by atoms with E-state index in [4.69, 9.17) is 9.47 Å². The van der Waals surface area contributed by atoms with E-state index in [0.717, 1.165) is 0 Å². The molecule has 2 heterocycles. The monoisotopic (exact) mass is 323 g/mol. The van der Waals surface area contributed by atoms with Gasteiger partial charge in [-0.25, -0.2) is 4.79 Å². The van der Waals surface area contributed by atoms with Crippen LogP contribution in [-0.4, -0.2) is 58.0 Å². The molecule has 1 fully saturated rings. The fourth-order valence-corrected chi connectivity index (χ4v) is 2.58. The zero-order valence-electron chi connectivity index (χ0n) is 14.5. The van der Waals surface area contributed by atoms with Gasteiger partial charge in [0.15, 0.2) is 5.78 Å². The largest absolute Gasteiger partial charge is 0.444 e. The predicted octanol–water partition coefficient (Wildman–Crippen LogP) is 1.94. The van der Waals surface area contributed by atoms with Gasteiger partial charge in [0, 0.05) is 26.2 Å². The van der Waals surface area contributed by atoms with Crippen molar-refractivity contribution in [1.82, 2.24) is 14.7 Å². The van der Waals surface area contributed by atoms with Crippen LogP contribution >= 0.6 is 0 Å². The fraction of sp³-hybridized carbons (Fsp3) is 0.688. The highest BCUT2D eigenvalue weighted by atomic mass is 16.6. The van der Waals surface area contributed by atoms with Gasteiger partial charge in [-0.15, -0.1) is 0 Å². The SMILES string of the molecule is Cc1nn(C)cc1C(=O)CC1COCCN1C(=O)OC(C)(C)C. The highest BCUT2D eigenvalue weighted by molar-refractivity contribution is 5.97. The molecule has 0 spiro atoms. The Hall–Kier alpha value is -1.89. The lowest BCUT2D eigenvalue weighted by Crippen LogP contribution is -2.51. The van der Waals surface area contributed by atoms with E-state index >= 15 is 0 Å². The summed E-state index contributed by atoms with van der Waals surface area (Å²) in [6.45, 7) is 8.49. The number of Topliss-reactive ketones (excluding diaryl/α,β-unsaturated/α-hetero) is 1. The molecule has 1 amide bonds. The molecule has 0 aromatic carbocycles. The van der Waals surface area contributed by atoms with Gasteiger partial charge in [0.05, 0.1) is 30.5 Å². The van der Waals surface area contributed by atoms with Gasteiger partial charge in [-0.1, -0.05) is 0 Å². The molecule has 0 saturated carbocycles. The van der Waals surface area contributed by atoms with Gasteiger partial charge in [0.2, 0.25) is 0 Å². The summed E-state index contributed by atoms with van der Waals surface area (Å²) in [7, 11) is 1.78. The summed E-state index contributed by atoms with van der Waals surface area (Å²) in [6.07, 6.45) is 1.51. The lowest BCUT2D eigenvalue weighted by Gasteiger charge is -2.36. The van der Waals surface area contributed by atoms with Gasteiger partial charge < -0.3 is 14.4 Å². The molecule has 1 aromatic heterocycles. The number of ketones is 1. The van der Waals surface area contributed by atoms with Gasteiger partial charge in [0.1, 0.15) is 5.60 Å². The first kappa shape index (κ1) is 17.5. The van der Waals surface area contributed by atoms with Crippen LogP contribution in [0.4, 0.5) is 4.79 Å². The zero-order valence-corrected chi connectivity index (χ0v) is 14.5. The van der Waals surface area contributed by atoms with E-state index in [1.54, 1.807) is 29.7 Å². The van der Waals surface area contributed by atoms with Crippen LogP contribution < -0.4 is 0 Å². The molecule has 1 saturated heterocycles. The molecule has 1 aromatic rings. The van der Waals surface area contributed by atoms with Crippen molar-refractivity contribution < 1.29 is 19.1 Å². The van der Waals surface area contributed by atoms with E-state index in [0.29, 0.717) is 31.0 Å². The van der Waals surface area contributed by atoms with E-state index in [2.05, 4.69) is 5.10 Å². The molecule has 0 radical (unpaired) electrons. The number of nitrogens with zero attached hydrogens (tertiary/aromatic N) is 3. The number of ether oxygens (including phenoxy) is 2. The molecular formula is C16H25N3O4. The molecule has 0 N–H and O–H groups in total. The van der Waals surface area contributed by atoms with Crippen molar-refractivity contribution >= 4 is 11.9 Å². The molecule has 2 rings (SSSR count). The highest BCUT2D eigenvalue weighted by Crippen LogP contribution is 2.19. The number of hydrogen-bond donors (Lipinski definition) is 0. The smallest absolute Gasteiger partial charge is 0.410 e. The summed E-state index contributed by atoms with van der Waals surface area (Å²) in [5, 5.41) is 4.19. The molecular weight excluding hydrogens is 298 g/mol. The molecule has 1 atom stereocenters. The molecule has 1 aliphatic rings. The average Bonchev–Trinajstić information content (AvgIpc) is 2.76. The number of carbonyl (C=O) groups is 2. The van der Waals surface area contributed by atoms with Crippen LogP contribution in [0, 0.1) is 6.92 Å². The third-order valence-electron chi connectivity index (χ3n) is 3.59. The lowest BCUT2D eigenvalue weighted by molar-refractivity contribution is -0.0322. The molecule has 7 heteroatoms. The van der Waals surface area contributed by atoms with Crippen molar-refractivity contribution in [1.29, 1.82) is 0 Å². The Morgan fingerprint density at radius 3 is 2.70 bits per heavy atom. The summed E-state index contributed by atoms with van der Waals surface area (Å²) in [4.78, 5) is 26.4. The number of aromatic nitrogens is 2. The number of hydrogen-bond acceptors (Lipinski definition) is 5. The standard InChI is InChI=1S/C16H25N3O4/c1-11-13(9-18(5)17-11)14(20)8-12-10-22-7-6-19(12)15(21)23-16(2,3)4/h9,12H,6-8,10H2,1-5H3. The van der Waals surface area contributed by atoms with E-state index < -0.39 is 11.7 Å². The number of morpholine rings is 1. The van der Waals surface area contributed by atoms with Crippen LogP contribution in [0.25, 0.3) is 0 Å². The number of carbonyl (C=O) groups excluding carboxylic acids is 2. The summed E-state index contributed by atoms with van der Waals surface area (Å²) >= 11 is 0. The first-order chi connectivity index (χ1) is 10.7. The number of aryl methyl sites for hydroxylation is 2. The van der Waals surface area contributed by atoms with E-state index in [1.165, 1.54) is 0 Å². The van der Waals surface area contributed by atoms with E-state index in [1.807, 2.05) is 20.8 Å². The lowest BCUT2D eigenvalue weighted by atomic mass is 10.0. The Bertz CT molecular complexity index is 589. The molecule has 0 bridgehead atoms.